The van der Waals surface area contributed by atoms with Crippen molar-refractivity contribution in [1.29, 1.82) is 0 Å². The Morgan fingerprint density at radius 3 is 2.57 bits per heavy atom. The summed E-state index contributed by atoms with van der Waals surface area (Å²) in [7, 11) is 0. The molecule has 2 amide bonds. The number of nitrogens with one attached hydrogen (secondary N) is 1. The SMILES string of the molecule is C[C@@H](O)[C@H](NC[C@@H]1CCCN1C(=O)OC(C)(C)C)C(N)=O. The number of primary amides is 1. The molecule has 1 fully saturated rings. The van der Waals surface area contributed by atoms with Gasteiger partial charge in [0.25, 0.3) is 0 Å². The Bertz CT molecular complexity index is 379. The van der Waals surface area contributed by atoms with Gasteiger partial charge in [-0.05, 0) is 40.5 Å². The first-order valence-corrected chi connectivity index (χ1v) is 7.32. The van der Waals surface area contributed by atoms with E-state index in [0.717, 1.165) is 12.8 Å². The van der Waals surface area contributed by atoms with Crippen molar-refractivity contribution in [2.45, 2.75) is 64.3 Å². The van der Waals surface area contributed by atoms with Crippen LogP contribution in [0.3, 0.4) is 0 Å². The van der Waals surface area contributed by atoms with E-state index in [9.17, 15) is 14.7 Å². The number of carbonyl (C=O) groups excluding carboxylic acids is 2. The van der Waals surface area contributed by atoms with Gasteiger partial charge in [-0.3, -0.25) is 4.79 Å². The summed E-state index contributed by atoms with van der Waals surface area (Å²) in [4.78, 5) is 25.0. The van der Waals surface area contributed by atoms with Gasteiger partial charge in [-0.2, -0.15) is 0 Å². The van der Waals surface area contributed by atoms with E-state index in [1.165, 1.54) is 6.92 Å². The van der Waals surface area contributed by atoms with Crippen LogP contribution >= 0.6 is 0 Å². The Balaban J connectivity index is 2.58. The third-order valence-corrected chi connectivity index (χ3v) is 3.37. The standard InChI is InChI=1S/C14H27N3O4/c1-9(18)11(12(15)19)16-8-10-6-5-7-17(10)13(20)21-14(2,3)4/h9-11,16,18H,5-8H2,1-4H3,(H2,15,19)/t9-,10+,11+/m1/s1. The second-order valence-corrected chi connectivity index (χ2v) is 6.50. The molecule has 1 saturated heterocycles. The first kappa shape index (κ1) is 17.7. The fourth-order valence-corrected chi connectivity index (χ4v) is 2.38. The number of ether oxygens (including phenoxy) is 1. The van der Waals surface area contributed by atoms with Gasteiger partial charge in [0.1, 0.15) is 11.6 Å². The monoisotopic (exact) mass is 301 g/mol. The number of aliphatic hydroxyl groups is 1. The number of hydrogen-bond donors (Lipinski definition) is 3. The van der Waals surface area contributed by atoms with E-state index in [1.54, 1.807) is 4.90 Å². The van der Waals surface area contributed by atoms with Crippen LogP contribution in [0.5, 0.6) is 0 Å². The molecular weight excluding hydrogens is 274 g/mol. The molecule has 0 aromatic heterocycles. The molecule has 1 aliphatic rings. The van der Waals surface area contributed by atoms with Gasteiger partial charge in [-0.15, -0.1) is 0 Å². The number of aliphatic hydroxyl groups excluding tert-OH is 1. The van der Waals surface area contributed by atoms with Crippen molar-refractivity contribution in [3.8, 4) is 0 Å². The minimum Gasteiger partial charge on any atom is -0.444 e. The van der Waals surface area contributed by atoms with E-state index in [1.807, 2.05) is 20.8 Å². The molecule has 4 N–H and O–H groups in total. The maximum Gasteiger partial charge on any atom is 0.410 e. The third-order valence-electron chi connectivity index (χ3n) is 3.37. The maximum atomic E-state index is 12.1. The van der Waals surface area contributed by atoms with Gasteiger partial charge in [-0.1, -0.05) is 0 Å². The van der Waals surface area contributed by atoms with Crippen molar-refractivity contribution < 1.29 is 19.4 Å². The Morgan fingerprint density at radius 1 is 1.48 bits per heavy atom. The molecule has 7 nitrogen and oxygen atoms in total. The normalized spacial score (nSPS) is 22.0. The largest absolute Gasteiger partial charge is 0.444 e. The van der Waals surface area contributed by atoms with Crippen molar-refractivity contribution in [3.63, 3.8) is 0 Å². The van der Waals surface area contributed by atoms with E-state index in [-0.39, 0.29) is 12.1 Å². The van der Waals surface area contributed by atoms with Gasteiger partial charge < -0.3 is 25.8 Å². The number of carbonyl (C=O) groups is 2. The third kappa shape index (κ3) is 5.51. The molecule has 7 heteroatoms. The second-order valence-electron chi connectivity index (χ2n) is 6.50. The quantitative estimate of drug-likeness (QED) is 0.673. The Kier molecular flexibility index (Phi) is 5.98. The lowest BCUT2D eigenvalue weighted by Crippen LogP contribution is -2.53. The van der Waals surface area contributed by atoms with Crippen LogP contribution in [0, 0.1) is 0 Å². The number of likely N-dealkylation sites (tertiary alicyclic amines) is 1. The molecule has 122 valence electrons. The molecule has 1 heterocycles. The van der Waals surface area contributed by atoms with Crippen LogP contribution in [-0.2, 0) is 9.53 Å². The maximum absolute atomic E-state index is 12.1. The van der Waals surface area contributed by atoms with Crippen LogP contribution in [0.15, 0.2) is 0 Å². The van der Waals surface area contributed by atoms with Crippen molar-refractivity contribution in [2.24, 2.45) is 5.73 Å². The molecule has 0 bridgehead atoms. The molecule has 1 rings (SSSR count). The lowest BCUT2D eigenvalue weighted by Gasteiger charge is -2.29. The number of nitrogens with zero attached hydrogens (tertiary/aromatic N) is 1. The lowest BCUT2D eigenvalue weighted by atomic mass is 10.1. The highest BCUT2D eigenvalue weighted by atomic mass is 16.6. The predicted octanol–water partition coefficient (Wildman–Crippen LogP) is 0.210. The summed E-state index contributed by atoms with van der Waals surface area (Å²) in [6.07, 6.45) is 0.498. The first-order chi connectivity index (χ1) is 9.61. The van der Waals surface area contributed by atoms with Crippen molar-refractivity contribution in [3.05, 3.63) is 0 Å². The highest BCUT2D eigenvalue weighted by molar-refractivity contribution is 5.80. The van der Waals surface area contributed by atoms with E-state index < -0.39 is 23.7 Å². The number of nitrogens with two attached hydrogens (primary N) is 1. The Morgan fingerprint density at radius 2 is 2.10 bits per heavy atom. The number of amides is 2. The summed E-state index contributed by atoms with van der Waals surface area (Å²) in [5.74, 6) is -0.605. The van der Waals surface area contributed by atoms with Crippen molar-refractivity contribution >= 4 is 12.0 Å². The summed E-state index contributed by atoms with van der Waals surface area (Å²) < 4.78 is 5.37. The topological polar surface area (TPSA) is 105 Å². The molecule has 0 aromatic carbocycles. The number of hydrogen-bond acceptors (Lipinski definition) is 5. The van der Waals surface area contributed by atoms with Gasteiger partial charge in [-0.25, -0.2) is 4.79 Å². The summed E-state index contributed by atoms with van der Waals surface area (Å²) in [6, 6.07) is -0.869. The zero-order valence-corrected chi connectivity index (χ0v) is 13.3. The minimum atomic E-state index is -0.876. The summed E-state index contributed by atoms with van der Waals surface area (Å²) >= 11 is 0. The molecular formula is C14H27N3O4. The highest BCUT2D eigenvalue weighted by Gasteiger charge is 2.33. The average molecular weight is 301 g/mol. The smallest absolute Gasteiger partial charge is 0.410 e. The van der Waals surface area contributed by atoms with E-state index in [2.05, 4.69) is 5.32 Å². The molecule has 0 spiro atoms. The fourth-order valence-electron chi connectivity index (χ4n) is 2.38. The second kappa shape index (κ2) is 7.09. The van der Waals surface area contributed by atoms with E-state index in [4.69, 9.17) is 10.5 Å². The number of rotatable bonds is 5. The van der Waals surface area contributed by atoms with Gasteiger partial charge in [0, 0.05) is 19.1 Å². The van der Waals surface area contributed by atoms with E-state index >= 15 is 0 Å². The Labute approximate surface area is 125 Å². The average Bonchev–Trinajstić information content (AvgIpc) is 2.74. The molecule has 1 aliphatic heterocycles. The van der Waals surface area contributed by atoms with Crippen LogP contribution < -0.4 is 11.1 Å². The molecule has 3 atom stereocenters. The van der Waals surface area contributed by atoms with Crippen LogP contribution in [0.25, 0.3) is 0 Å². The van der Waals surface area contributed by atoms with Crippen LogP contribution in [0.4, 0.5) is 4.79 Å². The minimum absolute atomic E-state index is 0.0551. The Hall–Kier alpha value is -1.34. The lowest BCUT2D eigenvalue weighted by molar-refractivity contribution is -0.122. The van der Waals surface area contributed by atoms with Gasteiger partial charge in [0.2, 0.25) is 5.91 Å². The zero-order valence-electron chi connectivity index (χ0n) is 13.3. The molecule has 0 unspecified atom stereocenters. The first-order valence-electron chi connectivity index (χ1n) is 7.32. The zero-order chi connectivity index (χ0) is 16.2. The van der Waals surface area contributed by atoms with E-state index in [0.29, 0.717) is 13.1 Å². The molecule has 0 radical (unpaired) electrons. The highest BCUT2D eigenvalue weighted by Crippen LogP contribution is 2.20. The fraction of sp³-hybridized carbons (Fsp3) is 0.857. The molecule has 0 saturated carbocycles. The van der Waals surface area contributed by atoms with Crippen LogP contribution in [-0.4, -0.2) is 58.9 Å². The molecule has 21 heavy (non-hydrogen) atoms. The summed E-state index contributed by atoms with van der Waals surface area (Å²) in [5, 5.41) is 12.5. The molecule has 0 aromatic rings. The summed E-state index contributed by atoms with van der Waals surface area (Å²) in [6.45, 7) is 8.01. The predicted molar refractivity (Wildman–Crippen MR) is 78.6 cm³/mol. The van der Waals surface area contributed by atoms with Gasteiger partial charge >= 0.3 is 6.09 Å². The van der Waals surface area contributed by atoms with Crippen LogP contribution in [0.1, 0.15) is 40.5 Å². The van der Waals surface area contributed by atoms with Crippen molar-refractivity contribution in [2.75, 3.05) is 13.1 Å². The van der Waals surface area contributed by atoms with Gasteiger partial charge in [0.15, 0.2) is 0 Å². The molecule has 0 aliphatic carbocycles. The summed E-state index contributed by atoms with van der Waals surface area (Å²) in [5.41, 5.74) is 4.70. The van der Waals surface area contributed by atoms with Crippen molar-refractivity contribution in [1.82, 2.24) is 10.2 Å². The van der Waals surface area contributed by atoms with Gasteiger partial charge in [0.05, 0.1) is 6.10 Å². The van der Waals surface area contributed by atoms with Crippen LogP contribution in [0.2, 0.25) is 0 Å².